The fourth-order valence-electron chi connectivity index (χ4n) is 9.17. The number of carboxylic acid groups (broad SMARTS) is 1. The summed E-state index contributed by atoms with van der Waals surface area (Å²) in [5, 5.41) is 18.6. The van der Waals surface area contributed by atoms with Crippen LogP contribution in [0.15, 0.2) is 36.5 Å². The SMILES string of the molecule is CCCCCCC(C/C=C\CCCCCCCC(=O)OCCCC(=O)O)OC(=O)CCCOC.CCCCCCC(O)C/C=C\CCCCCCCC(=O)OCCCC(=O)OC(C/C=C\CCCCCCCC(C)=O)CCCCCC. The summed E-state index contributed by atoms with van der Waals surface area (Å²) in [6, 6.07) is 0. The molecule has 0 saturated carbocycles. The number of ether oxygens (including phenoxy) is 5. The highest BCUT2D eigenvalue weighted by Gasteiger charge is 2.15. The number of ketones is 1. The number of carbonyl (C=O) groups is 6. The number of hydrogen-bond acceptors (Lipinski definition) is 12. The van der Waals surface area contributed by atoms with Crippen LogP contribution in [0.25, 0.3) is 0 Å². The molecule has 0 saturated heterocycles. The third kappa shape index (κ3) is 65.2. The highest BCUT2D eigenvalue weighted by Crippen LogP contribution is 2.18. The molecule has 0 aliphatic carbocycles. The lowest BCUT2D eigenvalue weighted by molar-refractivity contribution is -0.151. The molecule has 0 aliphatic heterocycles. The third-order valence-electron chi connectivity index (χ3n) is 14.2. The first-order valence-corrected chi connectivity index (χ1v) is 32.9. The number of unbranched alkanes of at least 4 members (excludes halogenated alkanes) is 24. The molecule has 472 valence electrons. The quantitative estimate of drug-likeness (QED) is 0.0253. The van der Waals surface area contributed by atoms with Crippen LogP contribution in [-0.4, -0.2) is 91.1 Å². The molecule has 0 spiro atoms. The molecule has 0 bridgehead atoms. The number of aliphatic hydroxyl groups excluding tert-OH is 1. The lowest BCUT2D eigenvalue weighted by atomic mass is 10.1. The minimum absolute atomic E-state index is 0.0291. The minimum atomic E-state index is -0.870. The van der Waals surface area contributed by atoms with E-state index in [9.17, 15) is 33.9 Å². The Labute approximate surface area is 494 Å². The molecule has 0 heterocycles. The van der Waals surface area contributed by atoms with Gasteiger partial charge >= 0.3 is 29.8 Å². The Kier molecular flexibility index (Phi) is 62.3. The van der Waals surface area contributed by atoms with Crippen LogP contribution in [-0.2, 0) is 52.5 Å². The number of aliphatic hydroxyl groups is 1. The van der Waals surface area contributed by atoms with Crippen molar-refractivity contribution >= 4 is 35.6 Å². The van der Waals surface area contributed by atoms with Gasteiger partial charge in [-0.05, 0) is 122 Å². The van der Waals surface area contributed by atoms with E-state index in [1.165, 1.54) is 64.2 Å². The van der Waals surface area contributed by atoms with Crippen molar-refractivity contribution in [3.05, 3.63) is 36.5 Å². The van der Waals surface area contributed by atoms with Crippen LogP contribution in [0, 0.1) is 0 Å². The molecule has 3 unspecified atom stereocenters. The fraction of sp³-hybridized carbons (Fsp3) is 0.824. The number of rotatable bonds is 59. The first-order chi connectivity index (χ1) is 39.4. The van der Waals surface area contributed by atoms with Crippen molar-refractivity contribution in [1.82, 2.24) is 0 Å². The molecule has 13 nitrogen and oxygen atoms in total. The monoisotopic (exact) mass is 1150 g/mol. The summed E-state index contributed by atoms with van der Waals surface area (Å²) in [6.45, 7) is 9.29. The first kappa shape index (κ1) is 79.2. The number of esters is 4. The summed E-state index contributed by atoms with van der Waals surface area (Å²) in [5.74, 6) is -1.33. The molecule has 0 amide bonds. The normalized spacial score (nSPS) is 12.6. The van der Waals surface area contributed by atoms with Crippen LogP contribution in [0.3, 0.4) is 0 Å². The van der Waals surface area contributed by atoms with Gasteiger partial charge in [0.15, 0.2) is 0 Å². The van der Waals surface area contributed by atoms with Gasteiger partial charge in [-0.3, -0.25) is 24.0 Å². The Morgan fingerprint density at radius 2 is 0.716 bits per heavy atom. The number of allylic oxidation sites excluding steroid dienone is 3. The molecule has 0 aliphatic rings. The number of Topliss-reactive ketones (excluding diaryl/α,β-unsaturated/α-hetero) is 1. The van der Waals surface area contributed by atoms with E-state index in [0.717, 1.165) is 167 Å². The molecule has 0 aromatic rings. The topological polar surface area (TPSA) is 189 Å². The summed E-state index contributed by atoms with van der Waals surface area (Å²) in [4.78, 5) is 69.6. The summed E-state index contributed by atoms with van der Waals surface area (Å²) in [7, 11) is 1.64. The summed E-state index contributed by atoms with van der Waals surface area (Å²) < 4.78 is 26.9. The third-order valence-corrected chi connectivity index (χ3v) is 14.2. The second kappa shape index (κ2) is 63.7. The van der Waals surface area contributed by atoms with Crippen molar-refractivity contribution in [2.45, 2.75) is 335 Å². The zero-order valence-electron chi connectivity index (χ0n) is 52.5. The molecule has 2 N–H and O–H groups in total. The molecule has 0 rings (SSSR count). The molecule has 0 aromatic carbocycles. The Morgan fingerprint density at radius 1 is 0.370 bits per heavy atom. The average Bonchev–Trinajstić information content (AvgIpc) is 3.43. The standard InChI is InChI=1S/C41H74O6.C27H48O7/c1-4-6-8-23-30-38(43)31-24-19-15-11-13-17-21-27-34-40(44)46-36-28-35-41(45)47-39(32-25-9-7-5-2)33-26-20-16-12-10-14-18-22-29-37(3)42;1-3-4-5-12-17-24(34-27(31)21-16-22-32-2)18-13-10-8-6-7-9-11-14-20-26(30)33-23-15-19-25(28)29/h19-20,24,26,38-39,43H,4-18,21-23,25,27-36H2,1-3H3;10,13,24H,3-9,11-12,14-23H2,1-2H3,(H,28,29)/b24-19-,26-20-;13-10-. The predicted molar refractivity (Wildman–Crippen MR) is 330 cm³/mol. The molecule has 0 radical (unpaired) electrons. The van der Waals surface area contributed by atoms with Gasteiger partial charge in [0.1, 0.15) is 18.0 Å². The lowest BCUT2D eigenvalue weighted by Gasteiger charge is -2.16. The molecule has 81 heavy (non-hydrogen) atoms. The predicted octanol–water partition coefficient (Wildman–Crippen LogP) is 17.8. The minimum Gasteiger partial charge on any atom is -0.481 e. The van der Waals surface area contributed by atoms with Crippen molar-refractivity contribution in [1.29, 1.82) is 0 Å². The van der Waals surface area contributed by atoms with Gasteiger partial charge in [-0.1, -0.05) is 179 Å². The maximum Gasteiger partial charge on any atom is 0.306 e. The van der Waals surface area contributed by atoms with E-state index in [-0.39, 0.29) is 74.0 Å². The van der Waals surface area contributed by atoms with E-state index in [0.29, 0.717) is 51.6 Å². The molecule has 0 aromatic heterocycles. The Balaban J connectivity index is 0. The van der Waals surface area contributed by atoms with Crippen molar-refractivity contribution in [3.63, 3.8) is 0 Å². The summed E-state index contributed by atoms with van der Waals surface area (Å²) in [6.07, 6.45) is 54.8. The second-order valence-electron chi connectivity index (χ2n) is 22.3. The molecule has 0 fully saturated rings. The number of hydrogen-bond donors (Lipinski definition) is 2. The van der Waals surface area contributed by atoms with Crippen molar-refractivity contribution in [2.24, 2.45) is 0 Å². The van der Waals surface area contributed by atoms with Gasteiger partial charge in [0.2, 0.25) is 0 Å². The van der Waals surface area contributed by atoms with Crippen LogP contribution in [0.1, 0.15) is 317 Å². The van der Waals surface area contributed by atoms with Crippen molar-refractivity contribution in [3.8, 4) is 0 Å². The zero-order chi connectivity index (χ0) is 59.9. The summed E-state index contributed by atoms with van der Waals surface area (Å²) >= 11 is 0. The Bertz CT molecular complexity index is 1560. The van der Waals surface area contributed by atoms with Gasteiger partial charge in [0, 0.05) is 65.1 Å². The highest BCUT2D eigenvalue weighted by atomic mass is 16.6. The maximum absolute atomic E-state index is 12.5. The average molecular weight is 1150 g/mol. The van der Waals surface area contributed by atoms with E-state index in [2.05, 4.69) is 57.2 Å². The van der Waals surface area contributed by atoms with Crippen LogP contribution >= 0.6 is 0 Å². The first-order valence-electron chi connectivity index (χ1n) is 32.9. The van der Waals surface area contributed by atoms with Crippen molar-refractivity contribution in [2.75, 3.05) is 26.9 Å². The summed E-state index contributed by atoms with van der Waals surface area (Å²) in [5.41, 5.74) is 0. The maximum atomic E-state index is 12.5. The van der Waals surface area contributed by atoms with E-state index < -0.39 is 5.97 Å². The van der Waals surface area contributed by atoms with Gasteiger partial charge in [-0.15, -0.1) is 0 Å². The van der Waals surface area contributed by atoms with Crippen LogP contribution in [0.4, 0.5) is 0 Å². The van der Waals surface area contributed by atoms with Gasteiger partial charge < -0.3 is 38.7 Å². The highest BCUT2D eigenvalue weighted by molar-refractivity contribution is 5.75. The second-order valence-corrected chi connectivity index (χ2v) is 22.3. The molecular formula is C68H122O13. The Morgan fingerprint density at radius 3 is 1.12 bits per heavy atom. The van der Waals surface area contributed by atoms with Gasteiger partial charge in [-0.25, -0.2) is 0 Å². The number of aliphatic carboxylic acids is 1. The van der Waals surface area contributed by atoms with E-state index in [1.54, 1.807) is 14.0 Å². The van der Waals surface area contributed by atoms with Crippen LogP contribution < -0.4 is 0 Å². The van der Waals surface area contributed by atoms with Crippen LogP contribution in [0.5, 0.6) is 0 Å². The zero-order valence-corrected chi connectivity index (χ0v) is 52.5. The molecule has 3 atom stereocenters. The van der Waals surface area contributed by atoms with Gasteiger partial charge in [0.25, 0.3) is 0 Å². The lowest BCUT2D eigenvalue weighted by Crippen LogP contribution is -2.18. The van der Waals surface area contributed by atoms with Crippen LogP contribution in [0.2, 0.25) is 0 Å². The number of carboxylic acids is 1. The smallest absolute Gasteiger partial charge is 0.306 e. The molecule has 13 heteroatoms. The van der Waals surface area contributed by atoms with Crippen molar-refractivity contribution < 1.29 is 62.7 Å². The van der Waals surface area contributed by atoms with E-state index >= 15 is 0 Å². The van der Waals surface area contributed by atoms with Gasteiger partial charge in [-0.2, -0.15) is 0 Å². The fourth-order valence-corrected chi connectivity index (χ4v) is 9.17. The Hall–Kier alpha value is -3.84. The van der Waals surface area contributed by atoms with E-state index in [1.807, 2.05) is 0 Å². The largest absolute Gasteiger partial charge is 0.481 e. The molecular weight excluding hydrogens is 1020 g/mol. The van der Waals surface area contributed by atoms with E-state index in [4.69, 9.17) is 28.8 Å². The number of carbonyl (C=O) groups excluding carboxylic acids is 5. The van der Waals surface area contributed by atoms with Gasteiger partial charge in [0.05, 0.1) is 19.3 Å². The number of methoxy groups -OCH3 is 1.